The Morgan fingerprint density at radius 1 is 0.853 bits per heavy atom. The molecule has 27 nitrogen and oxygen atoms in total. The van der Waals surface area contributed by atoms with Gasteiger partial charge in [0, 0.05) is 112 Å². The molecule has 0 unspecified atom stereocenters. The van der Waals surface area contributed by atoms with Crippen molar-refractivity contribution in [1.29, 1.82) is 0 Å². The molecule has 1 aliphatic carbocycles. The van der Waals surface area contributed by atoms with E-state index in [1.54, 1.807) is 87.5 Å². The molecular weight excluding hydrogens is 1400 g/mol. The number of nitrogens with one attached hydrogen (secondary N) is 5. The number of Topliss-reactive ketones (excluding diaryl/α,β-unsaturated/α-hetero) is 1. The number of phenolic OH excluding ortho intramolecular Hbond substituents is 2. The van der Waals surface area contributed by atoms with E-state index in [2.05, 4.69) is 45.3 Å². The van der Waals surface area contributed by atoms with Gasteiger partial charge >= 0.3 is 17.8 Å². The van der Waals surface area contributed by atoms with E-state index in [9.17, 15) is 48.6 Å². The number of fused-ring (bicyclic) bond motifs is 2. The molecule has 10 rings (SSSR count). The number of nitrogens with two attached hydrogens (primary N) is 1. The van der Waals surface area contributed by atoms with Crippen molar-refractivity contribution in [3.63, 3.8) is 0 Å². The highest BCUT2D eigenvalue weighted by molar-refractivity contribution is 6.22. The fourth-order valence-corrected chi connectivity index (χ4v) is 14.8. The lowest BCUT2D eigenvalue weighted by molar-refractivity contribution is -0.155. The molecule has 9 atom stereocenters. The number of unbranched alkanes of at least 4 members (excludes halogenated alkanes) is 2. The highest BCUT2D eigenvalue weighted by Crippen LogP contribution is 2.51. The summed E-state index contributed by atoms with van der Waals surface area (Å²) < 4.78 is 38.5. The lowest BCUT2D eigenvalue weighted by atomic mass is 9.82. The molecule has 6 aliphatic rings. The van der Waals surface area contributed by atoms with Crippen LogP contribution in [0.25, 0.3) is 33.3 Å². The number of anilines is 3. The highest BCUT2D eigenvalue weighted by Gasteiger charge is 2.50. The van der Waals surface area contributed by atoms with E-state index in [1.165, 1.54) is 46.3 Å². The van der Waals surface area contributed by atoms with Crippen LogP contribution in [0.5, 0.6) is 23.0 Å². The number of allylic oxidation sites excluding steroid dienone is 3. The minimum atomic E-state index is -2.12. The number of aromatic hydroxyl groups is 2. The summed E-state index contributed by atoms with van der Waals surface area (Å²) in [5.74, 6) is -7.51. The number of piperidine rings is 1. The average Bonchev–Trinajstić information content (AvgIpc) is 1.65. The van der Waals surface area contributed by atoms with Gasteiger partial charge in [0.1, 0.15) is 58.9 Å². The summed E-state index contributed by atoms with van der Waals surface area (Å²) in [6.45, 7) is 18.8. The third-order valence-corrected chi connectivity index (χ3v) is 20.7. The molecule has 5 heterocycles. The third kappa shape index (κ3) is 19.1. The fourth-order valence-electron chi connectivity index (χ4n) is 14.8. The van der Waals surface area contributed by atoms with E-state index >= 15 is 9.59 Å². The number of urea groups is 1. The average molecular weight is 1500 g/mol. The van der Waals surface area contributed by atoms with E-state index < -0.39 is 94.5 Å². The Morgan fingerprint density at radius 3 is 2.23 bits per heavy atom. The van der Waals surface area contributed by atoms with Crippen LogP contribution >= 0.6 is 0 Å². The molecule has 4 aromatic rings. The summed E-state index contributed by atoms with van der Waals surface area (Å²) in [6.07, 6.45) is 14.2. The standard InChI is InChI=1S/C82H99N9O18/c1-44(2)68(87-62(94)20-13-12-14-35-91-63(95)29-30-64(91)96)80(102)86-58(19-16-34-84-81(83)103)79(101)85-55-25-21-52(22-26-55)43-105-60-41-56(90-36-31-54(32-37-90)53-23-27-57(93)28-24-53)42-61-69(60)88-70-65-66-72(97)50(8)75-67(65)77(99)82(10,109-75)106-38-33-59(104-11)49(7)74(107-51(9)92)48(6)40-46(4)39-45(3)17-15-18-47(5)78(100)89-71(73(66)98)76(70)108-61/h15,17-18,21-30,33,38,41-42,44-46,48-49,54,58-59,68,74,93,97H,12-14,16,19-20,31-32,34-37,39-40,43H2,1-11H3,(H,85,101)(H,86,102)(H,87,94)(H,89,100)(H3,83,84,103)/b17-15+,38-33+,47-18-/t45-,46+,48+,49+,58-,59-,68-,74-,82-/m0/s1. The molecule has 27 heteroatoms. The van der Waals surface area contributed by atoms with E-state index in [1.807, 2.05) is 32.1 Å². The van der Waals surface area contributed by atoms with Crippen molar-refractivity contribution >= 4 is 92.2 Å². The van der Waals surface area contributed by atoms with E-state index in [0.717, 1.165) is 29.7 Å². The molecule has 0 aromatic heterocycles. The van der Waals surface area contributed by atoms with Gasteiger partial charge < -0.3 is 75.5 Å². The number of primary amides is 1. The smallest absolute Gasteiger partial charge is 0.312 e. The highest BCUT2D eigenvalue weighted by atomic mass is 16.7. The van der Waals surface area contributed by atoms with Gasteiger partial charge in [-0.2, -0.15) is 0 Å². The third-order valence-electron chi connectivity index (χ3n) is 20.7. The first-order valence-electron chi connectivity index (χ1n) is 37.2. The van der Waals surface area contributed by atoms with E-state index in [0.29, 0.717) is 55.7 Å². The molecule has 5 aliphatic heterocycles. The molecule has 0 radical (unpaired) electrons. The molecule has 580 valence electrons. The summed E-state index contributed by atoms with van der Waals surface area (Å²) in [4.78, 5) is 144. The number of aromatic nitrogens is 1. The first-order chi connectivity index (χ1) is 51.9. The first kappa shape index (κ1) is 80.5. The number of hydrogen-bond acceptors (Lipinski definition) is 20. The SMILES string of the molecule is CO[C@H]1/C=C/O[C@@]2(C)Oc3c(C)c(O)c4c(=O)c(c5oc6cc(N7CCC(c8ccc(O)cc8)CC7)cc(OCc7ccc(NC(=O)[C@H](CCCNC(N)=O)NC(=O)[C@@H](NC(=O)CCCCCN8C(=O)C=CC8=O)C(C)C)cc7)c6nc-5c4c3C2=O)NC(=O)/C(C)=C\C=C\[C@H](C)C[C@@H](C)C[C@@H](C)[C@H](OC(C)=O)[C@@H]1C. The van der Waals surface area contributed by atoms with Crippen molar-refractivity contribution in [2.75, 3.05) is 48.8 Å². The summed E-state index contributed by atoms with van der Waals surface area (Å²) in [7, 11) is 1.51. The Balaban J connectivity index is 0.995. The van der Waals surface area contributed by atoms with Crippen LogP contribution in [-0.2, 0) is 54.4 Å². The van der Waals surface area contributed by atoms with Gasteiger partial charge in [0.05, 0.1) is 23.3 Å². The van der Waals surface area contributed by atoms with Gasteiger partial charge in [0.25, 0.3) is 23.5 Å². The maximum atomic E-state index is 15.5. The van der Waals surface area contributed by atoms with Crippen molar-refractivity contribution in [2.24, 2.45) is 35.3 Å². The Hall–Kier alpha value is -11.1. The number of imide groups is 1. The largest absolute Gasteiger partial charge is 0.508 e. The second-order valence-corrected chi connectivity index (χ2v) is 29.6. The quantitative estimate of drug-likeness (QED) is 0.00971. The second kappa shape index (κ2) is 35.3. The zero-order valence-corrected chi connectivity index (χ0v) is 63.5. The normalized spacial score (nSPS) is 22.4. The van der Waals surface area contributed by atoms with Gasteiger partial charge in [0.15, 0.2) is 17.1 Å². The van der Waals surface area contributed by atoms with Crippen LogP contribution in [-0.4, -0.2) is 137 Å². The lowest BCUT2D eigenvalue weighted by Gasteiger charge is -2.34. The minimum Gasteiger partial charge on any atom is -0.508 e. The Morgan fingerprint density at radius 2 is 1.56 bits per heavy atom. The number of carbonyl (C=O) groups is 9. The number of phenols is 2. The van der Waals surface area contributed by atoms with Gasteiger partial charge in [-0.15, -0.1) is 0 Å². The number of benzene rings is 5. The van der Waals surface area contributed by atoms with Crippen molar-refractivity contribution in [3.05, 3.63) is 141 Å². The maximum Gasteiger partial charge on any atom is 0.312 e. The van der Waals surface area contributed by atoms with Gasteiger partial charge in [-0.3, -0.25) is 48.1 Å². The molecular formula is C82H99N9O18. The van der Waals surface area contributed by atoms with Crippen LogP contribution in [0.4, 0.5) is 21.9 Å². The monoisotopic (exact) mass is 1500 g/mol. The first-order valence-corrected chi connectivity index (χ1v) is 37.2. The van der Waals surface area contributed by atoms with E-state index in [4.69, 9.17) is 38.8 Å². The van der Waals surface area contributed by atoms with Gasteiger partial charge in [-0.05, 0) is 136 Å². The zero-order valence-electron chi connectivity index (χ0n) is 63.5. The molecule has 1 saturated heterocycles. The number of nitrogens with zero attached hydrogens (tertiary/aromatic N) is 3. The predicted octanol–water partition coefficient (Wildman–Crippen LogP) is 11.2. The molecule has 4 aromatic carbocycles. The second-order valence-electron chi connectivity index (χ2n) is 29.6. The zero-order chi connectivity index (χ0) is 78.7. The van der Waals surface area contributed by atoms with Crippen LogP contribution in [0.15, 0.2) is 118 Å². The molecule has 109 heavy (non-hydrogen) atoms. The number of ether oxygens (including phenoxy) is 5. The molecule has 9 N–H and O–H groups in total. The number of rotatable bonds is 23. The summed E-state index contributed by atoms with van der Waals surface area (Å²) in [5.41, 5.74) is 6.86. The number of amides is 8. The van der Waals surface area contributed by atoms with Crippen molar-refractivity contribution < 1.29 is 81.5 Å². The van der Waals surface area contributed by atoms with Gasteiger partial charge in [-0.1, -0.05) is 90.5 Å². The fraction of sp³-hybridized carbons (Fsp3) is 0.451. The number of hydrogen-bond donors (Lipinski definition) is 8. The van der Waals surface area contributed by atoms with Gasteiger partial charge in [-0.25, -0.2) is 9.78 Å². The Kier molecular flexibility index (Phi) is 26.1. The summed E-state index contributed by atoms with van der Waals surface area (Å²) in [6, 6.07) is 14.5. The number of carbonyl (C=O) groups excluding carboxylic acids is 9. The molecule has 4 bridgehead atoms. The topological polar surface area (TPSA) is 376 Å². The summed E-state index contributed by atoms with van der Waals surface area (Å²) >= 11 is 0. The number of ketones is 1. The van der Waals surface area contributed by atoms with Crippen LogP contribution in [0.2, 0.25) is 0 Å². The van der Waals surface area contributed by atoms with Crippen LogP contribution in [0, 0.1) is 36.5 Å². The van der Waals surface area contributed by atoms with Gasteiger partial charge in [0.2, 0.25) is 23.2 Å². The van der Waals surface area contributed by atoms with Crippen LogP contribution < -0.4 is 52.1 Å². The van der Waals surface area contributed by atoms with E-state index in [-0.39, 0.29) is 147 Å². The lowest BCUT2D eigenvalue weighted by Crippen LogP contribution is -2.54. The summed E-state index contributed by atoms with van der Waals surface area (Å²) in [5, 5.41) is 35.7. The van der Waals surface area contributed by atoms with Crippen molar-refractivity contribution in [1.82, 2.24) is 25.8 Å². The van der Waals surface area contributed by atoms with Crippen LogP contribution in [0.1, 0.15) is 159 Å². The number of methoxy groups -OCH3 is 1. The molecule has 8 amide bonds. The van der Waals surface area contributed by atoms with Crippen molar-refractivity contribution in [2.45, 2.75) is 176 Å². The Labute approximate surface area is 632 Å². The maximum absolute atomic E-state index is 15.5. The van der Waals surface area contributed by atoms with Crippen molar-refractivity contribution in [3.8, 4) is 34.5 Å². The molecule has 0 saturated carbocycles. The van der Waals surface area contributed by atoms with Crippen LogP contribution in [0.3, 0.4) is 0 Å². The Bertz CT molecular complexity index is 4580. The molecule has 1 fully saturated rings. The molecule has 0 spiro atoms. The number of esters is 1. The minimum absolute atomic E-state index is 0.0106. The predicted molar refractivity (Wildman–Crippen MR) is 410 cm³/mol.